The van der Waals surface area contributed by atoms with Gasteiger partial charge in [-0.15, -0.1) is 0 Å². The Hall–Kier alpha value is -1.89. The van der Waals surface area contributed by atoms with E-state index < -0.39 is 0 Å². The molecule has 8 heteroatoms. The molecule has 1 aliphatic heterocycles. The Kier molecular flexibility index (Phi) is 4.50. The van der Waals surface area contributed by atoms with Crippen LogP contribution in [0.25, 0.3) is 10.9 Å². The number of pyridine rings is 1. The van der Waals surface area contributed by atoms with E-state index in [-0.39, 0.29) is 0 Å². The number of aromatic nitrogens is 4. The zero-order chi connectivity index (χ0) is 17.4. The number of nitrogens with one attached hydrogen (secondary N) is 1. The zero-order valence-corrected chi connectivity index (χ0v) is 15.3. The number of aryl methyl sites for hydroxylation is 1. The van der Waals surface area contributed by atoms with Crippen LogP contribution in [0.5, 0.6) is 0 Å². The quantitative estimate of drug-likeness (QED) is 0.759. The molecule has 0 spiro atoms. The van der Waals surface area contributed by atoms with Crippen LogP contribution in [0.15, 0.2) is 24.3 Å². The first kappa shape index (κ1) is 16.6. The van der Waals surface area contributed by atoms with Crippen molar-refractivity contribution >= 4 is 39.9 Å². The highest BCUT2D eigenvalue weighted by atomic mass is 35.5. The number of hydrogen-bond acceptors (Lipinski definition) is 5. The van der Waals surface area contributed by atoms with Gasteiger partial charge in [0.1, 0.15) is 11.6 Å². The van der Waals surface area contributed by atoms with Crippen LogP contribution in [0.2, 0.25) is 10.0 Å². The predicted molar refractivity (Wildman–Crippen MR) is 100 cm³/mol. The lowest BCUT2D eigenvalue weighted by Gasteiger charge is -2.34. The van der Waals surface area contributed by atoms with Crippen LogP contribution < -0.4 is 4.90 Å². The molecule has 130 valence electrons. The summed E-state index contributed by atoms with van der Waals surface area (Å²) >= 11 is 12.4. The molecule has 0 amide bonds. The number of rotatable bonds is 3. The summed E-state index contributed by atoms with van der Waals surface area (Å²) in [5.41, 5.74) is 0.755. The van der Waals surface area contributed by atoms with E-state index in [9.17, 15) is 0 Å². The Morgan fingerprint density at radius 3 is 2.52 bits per heavy atom. The summed E-state index contributed by atoms with van der Waals surface area (Å²) in [4.78, 5) is 13.7. The Labute approximate surface area is 155 Å². The van der Waals surface area contributed by atoms with Crippen LogP contribution in [0.1, 0.15) is 11.6 Å². The highest BCUT2D eigenvalue weighted by Crippen LogP contribution is 2.31. The maximum atomic E-state index is 6.31. The van der Waals surface area contributed by atoms with Gasteiger partial charge in [0.2, 0.25) is 0 Å². The third-order valence-electron chi connectivity index (χ3n) is 4.44. The van der Waals surface area contributed by atoms with E-state index in [1.807, 2.05) is 25.1 Å². The number of nitrogens with zero attached hydrogens (tertiary/aromatic N) is 5. The lowest BCUT2D eigenvalue weighted by molar-refractivity contribution is 0.244. The van der Waals surface area contributed by atoms with Gasteiger partial charge in [0, 0.05) is 31.6 Å². The lowest BCUT2D eigenvalue weighted by atomic mass is 10.2. The van der Waals surface area contributed by atoms with Gasteiger partial charge in [0.25, 0.3) is 0 Å². The molecule has 0 aliphatic carbocycles. The second-order valence-corrected chi connectivity index (χ2v) is 6.99. The molecular formula is C17H18Cl2N6. The first-order chi connectivity index (χ1) is 12.1. The Morgan fingerprint density at radius 2 is 1.80 bits per heavy atom. The van der Waals surface area contributed by atoms with Crippen molar-refractivity contribution in [1.29, 1.82) is 0 Å². The van der Waals surface area contributed by atoms with Crippen LogP contribution in [0.4, 0.5) is 5.82 Å². The van der Waals surface area contributed by atoms with Crippen molar-refractivity contribution in [1.82, 2.24) is 25.1 Å². The maximum absolute atomic E-state index is 6.31. The molecule has 6 nitrogen and oxygen atoms in total. The van der Waals surface area contributed by atoms with Crippen molar-refractivity contribution in [2.75, 3.05) is 31.1 Å². The van der Waals surface area contributed by atoms with Crippen molar-refractivity contribution in [2.45, 2.75) is 13.5 Å². The standard InChI is InChI=1S/C17H18Cl2N6/c1-11-20-14(23-22-11)10-24-6-8-25(9-7-24)15-5-3-12-2-4-13(18)16(19)17(12)21-15/h2-5H,6-10H2,1H3,(H,20,22,23). The largest absolute Gasteiger partial charge is 0.354 e. The van der Waals surface area contributed by atoms with Gasteiger partial charge in [-0.2, -0.15) is 5.10 Å². The topological polar surface area (TPSA) is 60.9 Å². The molecule has 3 aromatic rings. The third-order valence-corrected chi connectivity index (χ3v) is 5.24. The molecule has 0 radical (unpaired) electrons. The van der Waals surface area contributed by atoms with Crippen LogP contribution >= 0.6 is 23.2 Å². The number of fused-ring (bicyclic) bond motifs is 1. The fraction of sp³-hybridized carbons (Fsp3) is 0.353. The van der Waals surface area contributed by atoms with Gasteiger partial charge in [0.15, 0.2) is 5.82 Å². The van der Waals surface area contributed by atoms with Crippen LogP contribution in [-0.4, -0.2) is 51.2 Å². The molecule has 2 aromatic heterocycles. The fourth-order valence-corrected chi connectivity index (χ4v) is 3.46. The zero-order valence-electron chi connectivity index (χ0n) is 13.8. The van der Waals surface area contributed by atoms with E-state index in [1.165, 1.54) is 0 Å². The van der Waals surface area contributed by atoms with Crippen molar-refractivity contribution < 1.29 is 0 Å². The molecule has 0 unspecified atom stereocenters. The number of piperazine rings is 1. The molecule has 3 heterocycles. The molecule has 1 aromatic carbocycles. The van der Waals surface area contributed by atoms with E-state index in [4.69, 9.17) is 28.2 Å². The SMILES string of the molecule is Cc1nc(CN2CCN(c3ccc4ccc(Cl)c(Cl)c4n3)CC2)n[nH]1. The number of benzene rings is 1. The van der Waals surface area contributed by atoms with Crippen LogP contribution in [0.3, 0.4) is 0 Å². The molecule has 1 aliphatic rings. The highest BCUT2D eigenvalue weighted by Gasteiger charge is 2.20. The summed E-state index contributed by atoms with van der Waals surface area (Å²) in [5, 5.41) is 9.14. The molecule has 25 heavy (non-hydrogen) atoms. The van der Waals surface area contributed by atoms with Crippen molar-refractivity contribution in [3.8, 4) is 0 Å². The van der Waals surface area contributed by atoms with Crippen molar-refractivity contribution in [2.24, 2.45) is 0 Å². The average Bonchev–Trinajstić information content (AvgIpc) is 3.03. The molecule has 0 bridgehead atoms. The summed E-state index contributed by atoms with van der Waals surface area (Å²) in [5.74, 6) is 2.63. The Balaban J connectivity index is 1.47. The molecule has 0 atom stereocenters. The van der Waals surface area contributed by atoms with E-state index in [0.717, 1.165) is 61.1 Å². The first-order valence-electron chi connectivity index (χ1n) is 8.20. The molecule has 1 fully saturated rings. The Bertz CT molecular complexity index is 901. The van der Waals surface area contributed by atoms with Gasteiger partial charge in [-0.25, -0.2) is 9.97 Å². The summed E-state index contributed by atoms with van der Waals surface area (Å²) in [6.45, 7) is 6.37. The maximum Gasteiger partial charge on any atom is 0.164 e. The van der Waals surface area contributed by atoms with Gasteiger partial charge >= 0.3 is 0 Å². The normalized spacial score (nSPS) is 15.9. The van der Waals surface area contributed by atoms with E-state index in [1.54, 1.807) is 6.07 Å². The summed E-state index contributed by atoms with van der Waals surface area (Å²) in [7, 11) is 0. The molecule has 4 rings (SSSR count). The van der Waals surface area contributed by atoms with Crippen LogP contribution in [0, 0.1) is 6.92 Å². The van der Waals surface area contributed by atoms with E-state index in [0.29, 0.717) is 10.0 Å². The Morgan fingerprint density at radius 1 is 1.04 bits per heavy atom. The average molecular weight is 377 g/mol. The van der Waals surface area contributed by atoms with Gasteiger partial charge < -0.3 is 4.90 Å². The van der Waals surface area contributed by atoms with Crippen molar-refractivity contribution in [3.63, 3.8) is 0 Å². The number of hydrogen-bond donors (Lipinski definition) is 1. The highest BCUT2D eigenvalue weighted by molar-refractivity contribution is 6.45. The number of H-pyrrole nitrogens is 1. The predicted octanol–water partition coefficient (Wildman–Crippen LogP) is 3.29. The summed E-state index contributed by atoms with van der Waals surface area (Å²) in [6, 6.07) is 7.83. The number of aromatic amines is 1. The smallest absolute Gasteiger partial charge is 0.164 e. The first-order valence-corrected chi connectivity index (χ1v) is 8.96. The summed E-state index contributed by atoms with van der Waals surface area (Å²) < 4.78 is 0. The molecule has 0 saturated carbocycles. The molecule has 1 saturated heterocycles. The van der Waals surface area contributed by atoms with E-state index >= 15 is 0 Å². The number of anilines is 1. The lowest BCUT2D eigenvalue weighted by Crippen LogP contribution is -2.46. The monoisotopic (exact) mass is 376 g/mol. The van der Waals surface area contributed by atoms with Gasteiger partial charge in [-0.05, 0) is 25.1 Å². The minimum absolute atomic E-state index is 0.514. The third kappa shape index (κ3) is 3.42. The van der Waals surface area contributed by atoms with Crippen molar-refractivity contribution in [3.05, 3.63) is 46.0 Å². The van der Waals surface area contributed by atoms with E-state index in [2.05, 4.69) is 25.0 Å². The van der Waals surface area contributed by atoms with Gasteiger partial charge in [-0.3, -0.25) is 10.00 Å². The second-order valence-electron chi connectivity index (χ2n) is 6.20. The fourth-order valence-electron chi connectivity index (χ4n) is 3.09. The van der Waals surface area contributed by atoms with Crippen LogP contribution in [-0.2, 0) is 6.54 Å². The molecule has 1 N–H and O–H groups in total. The molecular weight excluding hydrogens is 359 g/mol. The summed E-state index contributed by atoms with van der Waals surface area (Å²) in [6.07, 6.45) is 0. The van der Waals surface area contributed by atoms with Gasteiger partial charge in [-0.1, -0.05) is 29.3 Å². The second kappa shape index (κ2) is 6.78. The van der Waals surface area contributed by atoms with Gasteiger partial charge in [0.05, 0.1) is 22.1 Å². The minimum atomic E-state index is 0.514. The minimum Gasteiger partial charge on any atom is -0.354 e. The number of halogens is 2.